The molecular formula is C45H60PSi. The number of aryl methyl sites for hydroxylation is 3. The van der Waals surface area contributed by atoms with E-state index in [0.717, 1.165) is 0 Å². The van der Waals surface area contributed by atoms with Gasteiger partial charge in [-0.05, 0) is 128 Å². The summed E-state index contributed by atoms with van der Waals surface area (Å²) in [5.74, 6) is 2.73. The normalized spacial score (nSPS) is 12.4. The summed E-state index contributed by atoms with van der Waals surface area (Å²) in [5.41, 5.74) is 18.9. The van der Waals surface area contributed by atoms with Gasteiger partial charge in [0.05, 0.1) is 0 Å². The van der Waals surface area contributed by atoms with Crippen LogP contribution < -0.4 is 10.5 Å². The third-order valence-electron chi connectivity index (χ3n) is 9.78. The van der Waals surface area contributed by atoms with E-state index >= 15 is 0 Å². The second kappa shape index (κ2) is 15.3. The van der Waals surface area contributed by atoms with Crippen LogP contribution in [0.4, 0.5) is 0 Å². The fraction of sp³-hybridized carbons (Fsp3) is 0.467. The van der Waals surface area contributed by atoms with Crippen molar-refractivity contribution in [2.75, 3.05) is 0 Å². The molecule has 0 atom stereocenters. The van der Waals surface area contributed by atoms with Gasteiger partial charge in [-0.25, -0.2) is 0 Å². The van der Waals surface area contributed by atoms with Crippen molar-refractivity contribution >= 4 is 27.0 Å². The van der Waals surface area contributed by atoms with E-state index in [1.165, 1.54) is 90.5 Å². The zero-order chi connectivity index (χ0) is 34.9. The predicted molar refractivity (Wildman–Crippen MR) is 214 cm³/mol. The monoisotopic (exact) mass is 659 g/mol. The van der Waals surface area contributed by atoms with Crippen LogP contribution in [0.3, 0.4) is 0 Å². The van der Waals surface area contributed by atoms with E-state index in [1.807, 2.05) is 0 Å². The molecule has 0 spiro atoms. The summed E-state index contributed by atoms with van der Waals surface area (Å²) >= 11 is 0. The van der Waals surface area contributed by atoms with Gasteiger partial charge in [-0.15, -0.1) is 0 Å². The molecule has 0 nitrogen and oxygen atoms in total. The molecule has 4 aromatic carbocycles. The summed E-state index contributed by atoms with van der Waals surface area (Å²) in [4.78, 5) is 0. The first kappa shape index (κ1) is 37.2. The molecule has 0 aliphatic rings. The van der Waals surface area contributed by atoms with Crippen LogP contribution in [0.15, 0.2) is 54.6 Å². The van der Waals surface area contributed by atoms with Crippen LogP contribution in [0.2, 0.25) is 0 Å². The average Bonchev–Trinajstić information content (AvgIpc) is 2.98. The summed E-state index contributed by atoms with van der Waals surface area (Å²) in [6.07, 6.45) is 0. The van der Waals surface area contributed by atoms with Gasteiger partial charge >= 0.3 is 0 Å². The second-order valence-corrected chi connectivity index (χ2v) is 18.5. The van der Waals surface area contributed by atoms with Crippen LogP contribution >= 0.6 is 7.72 Å². The third kappa shape index (κ3) is 8.00. The van der Waals surface area contributed by atoms with Crippen molar-refractivity contribution in [2.24, 2.45) is 0 Å². The number of hydrogen-bond donors (Lipinski definition) is 0. The molecule has 0 aromatic heterocycles. The molecule has 0 bridgehead atoms. The Labute approximate surface area is 292 Å². The maximum absolute atomic E-state index is 2.53. The minimum Gasteiger partial charge on any atom is -0.0942 e. The molecule has 0 fully saturated rings. The van der Waals surface area contributed by atoms with Gasteiger partial charge in [0.25, 0.3) is 0 Å². The Hall–Kier alpha value is -2.60. The Bertz CT molecular complexity index is 1590. The molecule has 0 heterocycles. The zero-order valence-corrected chi connectivity index (χ0v) is 34.0. The van der Waals surface area contributed by atoms with Crippen molar-refractivity contribution in [1.29, 1.82) is 0 Å². The standard InChI is InChI=1S/C45H60PSi/c1-25(2)34-21-38(27(5)6)42(39(22-34)28(7)8)36-17-16-18-37(45(36)47-46-44-32(14)19-31(13)20-33(44)15)43-40(29(9)10)23-35(26(3)4)24-41(43)30(11)12/h16-30H,1-15H3. The van der Waals surface area contributed by atoms with Crippen molar-refractivity contribution in [3.63, 3.8) is 0 Å². The van der Waals surface area contributed by atoms with E-state index in [0.29, 0.717) is 44.3 Å². The Morgan fingerprint density at radius 3 is 1.11 bits per heavy atom. The highest BCUT2D eigenvalue weighted by Gasteiger charge is 2.25. The Morgan fingerprint density at radius 2 is 0.809 bits per heavy atom. The van der Waals surface area contributed by atoms with E-state index < -0.39 is 0 Å². The summed E-state index contributed by atoms with van der Waals surface area (Å²) in [5, 5.41) is 3.01. The third-order valence-corrected chi connectivity index (χ3v) is 13.3. The molecule has 0 unspecified atom stereocenters. The summed E-state index contributed by atoms with van der Waals surface area (Å²) in [6.45, 7) is 35.2. The summed E-state index contributed by atoms with van der Waals surface area (Å²) in [6, 6.07) is 22.1. The van der Waals surface area contributed by atoms with Gasteiger partial charge < -0.3 is 0 Å². The largest absolute Gasteiger partial charge is 0.102 e. The highest BCUT2D eigenvalue weighted by Crippen LogP contribution is 2.42. The van der Waals surface area contributed by atoms with E-state index in [4.69, 9.17) is 0 Å². The van der Waals surface area contributed by atoms with Crippen LogP contribution in [-0.2, 0) is 0 Å². The zero-order valence-electron chi connectivity index (χ0n) is 32.1. The average molecular weight is 660 g/mol. The lowest BCUT2D eigenvalue weighted by molar-refractivity contribution is 0.807. The van der Waals surface area contributed by atoms with Crippen molar-refractivity contribution < 1.29 is 0 Å². The quantitative estimate of drug-likeness (QED) is 0.117. The van der Waals surface area contributed by atoms with E-state index in [2.05, 4.69) is 158 Å². The lowest BCUT2D eigenvalue weighted by atomic mass is 9.79. The molecule has 249 valence electrons. The van der Waals surface area contributed by atoms with Gasteiger partial charge in [0, 0.05) is 5.30 Å². The van der Waals surface area contributed by atoms with Crippen LogP contribution in [0.5, 0.6) is 0 Å². The highest BCUT2D eigenvalue weighted by molar-refractivity contribution is 7.57. The molecule has 0 N–H and O–H groups in total. The first-order valence-electron chi connectivity index (χ1n) is 18.1. The molecule has 0 amide bonds. The Kier molecular flexibility index (Phi) is 12.1. The first-order valence-corrected chi connectivity index (χ1v) is 20.8. The van der Waals surface area contributed by atoms with Gasteiger partial charge in [-0.1, -0.05) is 151 Å². The Morgan fingerprint density at radius 1 is 0.468 bits per heavy atom. The molecular weight excluding hydrogens is 600 g/mol. The van der Waals surface area contributed by atoms with Crippen LogP contribution in [0, 0.1) is 20.8 Å². The smallest absolute Gasteiger partial charge is 0.0942 e. The SMILES string of the molecule is Cc1cc(C)c(P=[Si]c2c(-c3c(C(C)C)cc(C(C)C)cc3C(C)C)cccc2-c2c(C(C)C)cc(C(C)C)cc2C(C)C)c(C)c1. The van der Waals surface area contributed by atoms with E-state index in [-0.39, 0.29) is 0 Å². The summed E-state index contributed by atoms with van der Waals surface area (Å²) in [7, 11) is 2.03. The van der Waals surface area contributed by atoms with Crippen molar-refractivity contribution in [2.45, 2.75) is 139 Å². The number of benzene rings is 4. The lowest BCUT2D eigenvalue weighted by Crippen LogP contribution is -2.19. The van der Waals surface area contributed by atoms with E-state index in [9.17, 15) is 0 Å². The molecule has 0 saturated heterocycles. The van der Waals surface area contributed by atoms with E-state index in [1.54, 1.807) is 0 Å². The fourth-order valence-electron chi connectivity index (χ4n) is 7.08. The molecule has 0 saturated carbocycles. The van der Waals surface area contributed by atoms with Crippen molar-refractivity contribution in [3.8, 4) is 22.3 Å². The number of hydrogen-bond acceptors (Lipinski definition) is 0. The second-order valence-electron chi connectivity index (χ2n) is 15.8. The van der Waals surface area contributed by atoms with Crippen molar-refractivity contribution in [3.05, 3.63) is 105 Å². The molecule has 2 heteroatoms. The van der Waals surface area contributed by atoms with Gasteiger partial charge in [0.15, 0.2) is 0 Å². The molecule has 0 aliphatic heterocycles. The Balaban J connectivity index is 2.23. The van der Waals surface area contributed by atoms with Gasteiger partial charge in [-0.3, -0.25) is 0 Å². The first-order chi connectivity index (χ1) is 22.0. The van der Waals surface area contributed by atoms with Gasteiger partial charge in [0.1, 0.15) is 8.77 Å². The summed E-state index contributed by atoms with van der Waals surface area (Å²) < 4.78 is 0. The number of rotatable bonds is 10. The molecule has 0 aliphatic carbocycles. The maximum Gasteiger partial charge on any atom is 0.102 e. The topological polar surface area (TPSA) is 0 Å². The molecule has 1 radical (unpaired) electrons. The predicted octanol–water partition coefficient (Wildman–Crippen LogP) is 13.2. The molecule has 4 rings (SSSR count). The minimum atomic E-state index is 0.433. The van der Waals surface area contributed by atoms with Crippen LogP contribution in [-0.4, -0.2) is 8.77 Å². The van der Waals surface area contributed by atoms with Gasteiger partial charge in [0.2, 0.25) is 0 Å². The van der Waals surface area contributed by atoms with Crippen LogP contribution in [0.1, 0.15) is 169 Å². The molecule has 47 heavy (non-hydrogen) atoms. The fourth-order valence-corrected chi connectivity index (χ4v) is 10.9. The van der Waals surface area contributed by atoms with Crippen molar-refractivity contribution in [1.82, 2.24) is 0 Å². The molecule has 4 aromatic rings. The van der Waals surface area contributed by atoms with Gasteiger partial charge in [-0.2, -0.15) is 0 Å². The lowest BCUT2D eigenvalue weighted by Gasteiger charge is -2.27. The maximum atomic E-state index is 2.53. The van der Waals surface area contributed by atoms with Crippen LogP contribution in [0.25, 0.3) is 22.3 Å². The highest BCUT2D eigenvalue weighted by atomic mass is 31.2. The minimum absolute atomic E-state index is 0.433.